The minimum absolute atomic E-state index is 0.0639. The number of hydrogen-bond acceptors (Lipinski definition) is 6. The molecule has 8 heteroatoms. The maximum absolute atomic E-state index is 14.0. The van der Waals surface area contributed by atoms with Crippen LogP contribution in [0, 0.1) is 5.82 Å². The molecule has 0 aliphatic carbocycles. The lowest BCUT2D eigenvalue weighted by molar-refractivity contribution is -0.113. The first kappa shape index (κ1) is 20.3. The number of aliphatic imine (C=N–C) groups is 1. The van der Waals surface area contributed by atoms with Gasteiger partial charge in [0.05, 0.1) is 17.2 Å². The number of amides is 1. The Hall–Kier alpha value is -3.00. The van der Waals surface area contributed by atoms with Crippen LogP contribution in [-0.2, 0) is 4.79 Å². The van der Waals surface area contributed by atoms with Gasteiger partial charge in [-0.25, -0.2) is 4.39 Å². The zero-order valence-corrected chi connectivity index (χ0v) is 17.4. The van der Waals surface area contributed by atoms with E-state index in [0.717, 1.165) is 5.56 Å². The SMILES string of the molecule is CCOc1cc(/C=C2\SC(N3CCN(c4ccccc4F)CC3)=NC2=O)ccc1O. The fraction of sp³-hybridized carbons (Fsp3) is 0.273. The second kappa shape index (κ2) is 8.79. The molecule has 2 aromatic carbocycles. The molecule has 2 heterocycles. The molecule has 1 N–H and O–H groups in total. The zero-order valence-electron chi connectivity index (χ0n) is 16.5. The van der Waals surface area contributed by atoms with Crippen molar-refractivity contribution in [2.45, 2.75) is 6.92 Å². The van der Waals surface area contributed by atoms with E-state index in [1.54, 1.807) is 36.4 Å². The predicted octanol–water partition coefficient (Wildman–Crippen LogP) is 3.72. The van der Waals surface area contributed by atoms with Crippen LogP contribution in [0.5, 0.6) is 11.5 Å². The smallest absolute Gasteiger partial charge is 0.286 e. The van der Waals surface area contributed by atoms with Crippen molar-refractivity contribution in [2.75, 3.05) is 37.7 Å². The molecule has 0 saturated carbocycles. The number of halogens is 1. The molecule has 1 saturated heterocycles. The lowest BCUT2D eigenvalue weighted by Crippen LogP contribution is -2.48. The van der Waals surface area contributed by atoms with E-state index in [1.165, 1.54) is 17.8 Å². The van der Waals surface area contributed by atoms with Gasteiger partial charge in [0, 0.05) is 26.2 Å². The topological polar surface area (TPSA) is 65.4 Å². The summed E-state index contributed by atoms with van der Waals surface area (Å²) < 4.78 is 19.4. The third-order valence-corrected chi connectivity index (χ3v) is 5.98. The summed E-state index contributed by atoms with van der Waals surface area (Å²) in [6.45, 7) is 4.91. The molecule has 2 aliphatic rings. The standard InChI is InChI=1S/C22H22FN3O3S/c1-2-29-19-13-15(7-8-18(19)27)14-20-21(28)24-22(30-20)26-11-9-25(10-12-26)17-6-4-3-5-16(17)23/h3-8,13-14,27H,2,9-12H2,1H3/b20-14-. The molecule has 0 atom stereocenters. The molecule has 1 fully saturated rings. The number of carbonyl (C=O) groups excluding carboxylic acids is 1. The number of amidine groups is 1. The van der Waals surface area contributed by atoms with Crippen molar-refractivity contribution in [3.05, 3.63) is 58.8 Å². The molecule has 2 aliphatic heterocycles. The number of phenolic OH excluding ortho intramolecular Hbond substituents is 1. The van der Waals surface area contributed by atoms with Crippen LogP contribution in [0.2, 0.25) is 0 Å². The number of para-hydroxylation sites is 1. The lowest BCUT2D eigenvalue weighted by Gasteiger charge is -2.36. The lowest BCUT2D eigenvalue weighted by atomic mass is 10.2. The third-order valence-electron chi connectivity index (χ3n) is 4.93. The summed E-state index contributed by atoms with van der Waals surface area (Å²) in [5.74, 6) is -0.0569. The highest BCUT2D eigenvalue weighted by Gasteiger charge is 2.29. The number of carbonyl (C=O) groups is 1. The highest BCUT2D eigenvalue weighted by molar-refractivity contribution is 8.18. The maximum Gasteiger partial charge on any atom is 0.286 e. The van der Waals surface area contributed by atoms with Gasteiger partial charge in [0.25, 0.3) is 5.91 Å². The normalized spacial score (nSPS) is 18.1. The van der Waals surface area contributed by atoms with E-state index in [2.05, 4.69) is 9.89 Å². The van der Waals surface area contributed by atoms with Gasteiger partial charge < -0.3 is 19.6 Å². The van der Waals surface area contributed by atoms with Gasteiger partial charge in [-0.05, 0) is 54.6 Å². The average Bonchev–Trinajstić information content (AvgIpc) is 3.11. The van der Waals surface area contributed by atoms with Gasteiger partial charge in [-0.15, -0.1) is 0 Å². The van der Waals surface area contributed by atoms with Crippen molar-refractivity contribution in [3.63, 3.8) is 0 Å². The number of thioether (sulfide) groups is 1. The summed E-state index contributed by atoms with van der Waals surface area (Å²) in [4.78, 5) is 21.2. The molecular formula is C22H22FN3O3S. The number of phenols is 1. The Labute approximate surface area is 178 Å². The molecule has 0 bridgehead atoms. The van der Waals surface area contributed by atoms with Crippen molar-refractivity contribution in [1.82, 2.24) is 4.90 Å². The van der Waals surface area contributed by atoms with Crippen LogP contribution in [-0.4, -0.2) is 53.9 Å². The molecule has 30 heavy (non-hydrogen) atoms. The van der Waals surface area contributed by atoms with Gasteiger partial charge in [0.15, 0.2) is 16.7 Å². The van der Waals surface area contributed by atoms with E-state index in [-0.39, 0.29) is 17.5 Å². The molecule has 6 nitrogen and oxygen atoms in total. The highest BCUT2D eigenvalue weighted by Crippen LogP contribution is 2.33. The van der Waals surface area contributed by atoms with Crippen LogP contribution in [0.1, 0.15) is 12.5 Å². The van der Waals surface area contributed by atoms with Crippen molar-refractivity contribution in [2.24, 2.45) is 4.99 Å². The van der Waals surface area contributed by atoms with Gasteiger partial charge in [0.1, 0.15) is 5.82 Å². The predicted molar refractivity (Wildman–Crippen MR) is 117 cm³/mol. The van der Waals surface area contributed by atoms with Gasteiger partial charge in [-0.3, -0.25) is 4.79 Å². The Bertz CT molecular complexity index is 1020. The highest BCUT2D eigenvalue weighted by atomic mass is 32.2. The zero-order chi connectivity index (χ0) is 21.1. The Morgan fingerprint density at radius 3 is 2.63 bits per heavy atom. The summed E-state index contributed by atoms with van der Waals surface area (Å²) in [7, 11) is 0. The van der Waals surface area contributed by atoms with E-state index in [9.17, 15) is 14.3 Å². The van der Waals surface area contributed by atoms with E-state index in [1.807, 2.05) is 17.9 Å². The number of benzene rings is 2. The first-order valence-corrected chi connectivity index (χ1v) is 10.6. The van der Waals surface area contributed by atoms with Crippen molar-refractivity contribution >= 4 is 34.6 Å². The molecule has 0 spiro atoms. The summed E-state index contributed by atoms with van der Waals surface area (Å²) in [6.07, 6.45) is 1.75. The first-order chi connectivity index (χ1) is 14.5. The maximum atomic E-state index is 14.0. The van der Waals surface area contributed by atoms with Crippen LogP contribution < -0.4 is 9.64 Å². The summed E-state index contributed by atoms with van der Waals surface area (Å²) >= 11 is 1.34. The van der Waals surface area contributed by atoms with E-state index < -0.39 is 0 Å². The fourth-order valence-electron chi connectivity index (χ4n) is 3.42. The summed E-state index contributed by atoms with van der Waals surface area (Å²) in [5, 5.41) is 10.5. The van der Waals surface area contributed by atoms with E-state index in [4.69, 9.17) is 4.74 Å². The number of aromatic hydroxyl groups is 1. The van der Waals surface area contributed by atoms with Gasteiger partial charge in [-0.1, -0.05) is 18.2 Å². The van der Waals surface area contributed by atoms with Crippen molar-refractivity contribution < 1.29 is 19.0 Å². The van der Waals surface area contributed by atoms with Crippen LogP contribution in [0.3, 0.4) is 0 Å². The third kappa shape index (κ3) is 4.28. The Kier molecular flexibility index (Phi) is 5.94. The van der Waals surface area contributed by atoms with Gasteiger partial charge >= 0.3 is 0 Å². The molecule has 156 valence electrons. The Morgan fingerprint density at radius 2 is 1.90 bits per heavy atom. The number of hydrogen-bond donors (Lipinski definition) is 1. The average molecular weight is 428 g/mol. The van der Waals surface area contributed by atoms with Crippen molar-refractivity contribution in [1.29, 1.82) is 0 Å². The summed E-state index contributed by atoms with van der Waals surface area (Å²) in [6, 6.07) is 11.7. The minimum Gasteiger partial charge on any atom is -0.504 e. The van der Waals surface area contributed by atoms with Crippen LogP contribution in [0.15, 0.2) is 52.4 Å². The number of nitrogens with zero attached hydrogens (tertiary/aromatic N) is 3. The Balaban J connectivity index is 1.42. The quantitative estimate of drug-likeness (QED) is 0.751. The molecule has 1 amide bonds. The summed E-state index contributed by atoms with van der Waals surface area (Å²) in [5.41, 5.74) is 1.36. The van der Waals surface area contributed by atoms with Crippen LogP contribution in [0.25, 0.3) is 6.08 Å². The van der Waals surface area contributed by atoms with Gasteiger partial charge in [-0.2, -0.15) is 4.99 Å². The molecular weight excluding hydrogens is 405 g/mol. The van der Waals surface area contributed by atoms with Crippen LogP contribution in [0.4, 0.5) is 10.1 Å². The van der Waals surface area contributed by atoms with E-state index in [0.29, 0.717) is 54.3 Å². The van der Waals surface area contributed by atoms with Crippen molar-refractivity contribution in [3.8, 4) is 11.5 Å². The molecule has 0 radical (unpaired) electrons. The minimum atomic E-state index is -0.280. The number of anilines is 1. The van der Waals surface area contributed by atoms with Crippen LogP contribution >= 0.6 is 11.8 Å². The number of rotatable bonds is 4. The second-order valence-corrected chi connectivity index (χ2v) is 7.90. The first-order valence-electron chi connectivity index (χ1n) is 9.78. The largest absolute Gasteiger partial charge is 0.504 e. The number of ether oxygens (including phenoxy) is 1. The Morgan fingerprint density at radius 1 is 1.17 bits per heavy atom. The fourth-order valence-corrected chi connectivity index (χ4v) is 4.39. The molecule has 0 aromatic heterocycles. The monoisotopic (exact) mass is 427 g/mol. The molecule has 2 aromatic rings. The molecule has 4 rings (SSSR count). The van der Waals surface area contributed by atoms with Gasteiger partial charge in [0.2, 0.25) is 0 Å². The molecule has 0 unspecified atom stereocenters. The second-order valence-electron chi connectivity index (χ2n) is 6.90. The van der Waals surface area contributed by atoms with E-state index >= 15 is 0 Å². The number of piperazine rings is 1.